The van der Waals surface area contributed by atoms with Gasteiger partial charge in [0.15, 0.2) is 17.1 Å². The maximum absolute atomic E-state index is 14.0. The normalized spacial score (nSPS) is 19.1. The van der Waals surface area contributed by atoms with E-state index in [1.807, 2.05) is 0 Å². The van der Waals surface area contributed by atoms with Gasteiger partial charge in [-0.25, -0.2) is 18.6 Å². The molecule has 2 aromatic heterocycles. The number of hydrogen-bond donors (Lipinski definition) is 4. The van der Waals surface area contributed by atoms with Crippen LogP contribution in [0.2, 0.25) is 0 Å². The van der Waals surface area contributed by atoms with Gasteiger partial charge in [0.1, 0.15) is 42.5 Å². The smallest absolute Gasteiger partial charge is 0.319 e. The molecule has 0 unspecified atom stereocenters. The molecule has 3 heterocycles. The third kappa shape index (κ3) is 3.71. The van der Waals surface area contributed by atoms with Crippen molar-refractivity contribution in [3.63, 3.8) is 0 Å². The lowest BCUT2D eigenvalue weighted by Crippen LogP contribution is -2.31. The second-order valence-corrected chi connectivity index (χ2v) is 7.13. The Hall–Kier alpha value is -3.83. The zero-order valence-electron chi connectivity index (χ0n) is 16.4. The Balaban J connectivity index is 1.47. The lowest BCUT2D eigenvalue weighted by molar-refractivity contribution is 0.172. The largest absolute Gasteiger partial charge is 0.486 e. The molecule has 5 rings (SSSR count). The zero-order chi connectivity index (χ0) is 21.5. The molecule has 3 aromatic rings. The number of urea groups is 1. The van der Waals surface area contributed by atoms with E-state index in [1.54, 1.807) is 13.1 Å². The highest BCUT2D eigenvalue weighted by molar-refractivity contribution is 5.93. The first kappa shape index (κ1) is 19.2. The predicted molar refractivity (Wildman–Crippen MR) is 109 cm³/mol. The van der Waals surface area contributed by atoms with Gasteiger partial charge in [0, 0.05) is 31.7 Å². The van der Waals surface area contributed by atoms with E-state index in [0.29, 0.717) is 59.8 Å². The average molecular weight is 431 g/mol. The third-order valence-corrected chi connectivity index (χ3v) is 4.87. The van der Waals surface area contributed by atoms with Crippen LogP contribution in [-0.4, -0.2) is 53.1 Å². The van der Waals surface area contributed by atoms with Crippen molar-refractivity contribution in [3.8, 4) is 11.5 Å². The number of aromatic nitrogens is 3. The SMILES string of the molecule is CNc1cc(Nc2cc(F)cc3c2OCCO3)nc2c(NC(=O)N[C@H]3C[C@H]3F)cnn12. The van der Waals surface area contributed by atoms with Crippen LogP contribution >= 0.6 is 0 Å². The van der Waals surface area contributed by atoms with Gasteiger partial charge in [-0.2, -0.15) is 9.61 Å². The first-order valence-corrected chi connectivity index (χ1v) is 9.66. The van der Waals surface area contributed by atoms with Gasteiger partial charge in [-0.1, -0.05) is 0 Å². The van der Waals surface area contributed by atoms with E-state index in [1.165, 1.54) is 22.8 Å². The molecule has 1 fully saturated rings. The van der Waals surface area contributed by atoms with Gasteiger partial charge in [-0.15, -0.1) is 0 Å². The molecule has 2 amide bonds. The second-order valence-electron chi connectivity index (χ2n) is 7.13. The van der Waals surface area contributed by atoms with Crippen LogP contribution in [-0.2, 0) is 0 Å². The molecule has 1 aliphatic carbocycles. The summed E-state index contributed by atoms with van der Waals surface area (Å²) in [4.78, 5) is 16.6. The third-order valence-electron chi connectivity index (χ3n) is 4.87. The molecule has 12 heteroatoms. The minimum absolute atomic E-state index is 0.304. The molecule has 162 valence electrons. The van der Waals surface area contributed by atoms with E-state index in [-0.39, 0.29) is 0 Å². The van der Waals surface area contributed by atoms with E-state index in [9.17, 15) is 13.6 Å². The summed E-state index contributed by atoms with van der Waals surface area (Å²) in [6.07, 6.45) is 0.734. The van der Waals surface area contributed by atoms with Gasteiger partial charge < -0.3 is 30.7 Å². The average Bonchev–Trinajstić information content (AvgIpc) is 3.29. The first-order chi connectivity index (χ1) is 15.0. The minimum atomic E-state index is -1.01. The maximum atomic E-state index is 14.0. The van der Waals surface area contributed by atoms with E-state index < -0.39 is 24.1 Å². The van der Waals surface area contributed by atoms with Gasteiger partial charge in [0.05, 0.1) is 17.9 Å². The van der Waals surface area contributed by atoms with Crippen LogP contribution in [0.3, 0.4) is 0 Å². The summed E-state index contributed by atoms with van der Waals surface area (Å²) in [5.74, 6) is 1.12. The maximum Gasteiger partial charge on any atom is 0.319 e. The summed E-state index contributed by atoms with van der Waals surface area (Å²) in [6, 6.07) is 3.19. The number of carbonyl (C=O) groups is 1. The van der Waals surface area contributed by atoms with Crippen LogP contribution in [0.5, 0.6) is 11.5 Å². The molecule has 1 aliphatic heterocycles. The lowest BCUT2D eigenvalue weighted by atomic mass is 10.2. The summed E-state index contributed by atoms with van der Waals surface area (Å²) in [7, 11) is 1.70. The summed E-state index contributed by atoms with van der Waals surface area (Å²) in [6.45, 7) is 0.676. The van der Waals surface area contributed by atoms with E-state index >= 15 is 0 Å². The molecule has 31 heavy (non-hydrogen) atoms. The van der Waals surface area contributed by atoms with Gasteiger partial charge >= 0.3 is 6.03 Å². The van der Waals surface area contributed by atoms with E-state index in [2.05, 4.69) is 31.3 Å². The van der Waals surface area contributed by atoms with Crippen LogP contribution in [0, 0.1) is 5.82 Å². The molecule has 0 radical (unpaired) electrons. The topological polar surface area (TPSA) is 114 Å². The molecule has 10 nitrogen and oxygen atoms in total. The number of ether oxygens (including phenoxy) is 2. The Morgan fingerprint density at radius 2 is 2.03 bits per heavy atom. The summed E-state index contributed by atoms with van der Waals surface area (Å²) in [5, 5.41) is 15.4. The van der Waals surface area contributed by atoms with Crippen LogP contribution in [0.25, 0.3) is 5.65 Å². The first-order valence-electron chi connectivity index (χ1n) is 9.66. The van der Waals surface area contributed by atoms with Gasteiger partial charge in [0.25, 0.3) is 0 Å². The number of nitrogens with zero attached hydrogens (tertiary/aromatic N) is 3. The number of benzene rings is 1. The van der Waals surface area contributed by atoms with Crippen molar-refractivity contribution in [2.75, 3.05) is 36.2 Å². The fourth-order valence-electron chi connectivity index (χ4n) is 3.28. The number of carbonyl (C=O) groups excluding carboxylic acids is 1. The molecular weight excluding hydrogens is 412 g/mol. The van der Waals surface area contributed by atoms with Gasteiger partial charge in [-0.3, -0.25) is 0 Å². The molecule has 0 bridgehead atoms. The molecule has 2 aliphatic rings. The molecule has 1 saturated carbocycles. The summed E-state index contributed by atoms with van der Waals surface area (Å²) in [5.41, 5.74) is 1.01. The number of nitrogens with one attached hydrogen (secondary N) is 4. The fourth-order valence-corrected chi connectivity index (χ4v) is 3.28. The second kappa shape index (κ2) is 7.45. The summed E-state index contributed by atoms with van der Waals surface area (Å²) < 4.78 is 39.7. The molecule has 2 atom stereocenters. The molecule has 4 N–H and O–H groups in total. The fraction of sp³-hybridized carbons (Fsp3) is 0.316. The van der Waals surface area contributed by atoms with Crippen LogP contribution in [0.15, 0.2) is 24.4 Å². The predicted octanol–water partition coefficient (Wildman–Crippen LogP) is 2.66. The monoisotopic (exact) mass is 431 g/mol. The zero-order valence-corrected chi connectivity index (χ0v) is 16.4. The molecule has 0 saturated heterocycles. The van der Waals surface area contributed by atoms with Crippen LogP contribution in [0.1, 0.15) is 6.42 Å². The Kier molecular flexibility index (Phi) is 4.60. The highest BCUT2D eigenvalue weighted by Gasteiger charge is 2.38. The standard InChI is InChI=1S/C19H19F2N7O3/c1-22-16-7-15(24-12-4-9(20)5-14-17(12)31-3-2-30-14)27-18-13(8-23-28(16)18)26-19(29)25-11-6-10(11)21/h4-5,7-8,10-11,22H,2-3,6H2,1H3,(H,24,27)(H2,25,26,29)/t10-,11+/m1/s1. The Morgan fingerprint density at radius 1 is 1.23 bits per heavy atom. The van der Waals surface area contributed by atoms with Crippen molar-refractivity contribution < 1.29 is 23.0 Å². The number of anilines is 4. The van der Waals surface area contributed by atoms with Crippen LogP contribution < -0.4 is 30.7 Å². The Bertz CT molecular complexity index is 1170. The number of amides is 2. The molecular formula is C19H19F2N7O3. The number of alkyl halides is 1. The highest BCUT2D eigenvalue weighted by atomic mass is 19.1. The van der Waals surface area contributed by atoms with Gasteiger partial charge in [0.2, 0.25) is 0 Å². The van der Waals surface area contributed by atoms with Crippen molar-refractivity contribution in [2.45, 2.75) is 18.6 Å². The van der Waals surface area contributed by atoms with Crippen molar-refractivity contribution in [1.29, 1.82) is 0 Å². The van der Waals surface area contributed by atoms with Crippen LogP contribution in [0.4, 0.5) is 36.6 Å². The highest BCUT2D eigenvalue weighted by Crippen LogP contribution is 2.40. The van der Waals surface area contributed by atoms with Crippen molar-refractivity contribution in [3.05, 3.63) is 30.2 Å². The van der Waals surface area contributed by atoms with E-state index in [4.69, 9.17) is 9.47 Å². The number of hydrogen-bond acceptors (Lipinski definition) is 7. The van der Waals surface area contributed by atoms with Crippen molar-refractivity contribution in [2.24, 2.45) is 0 Å². The number of fused-ring (bicyclic) bond motifs is 2. The molecule has 1 aromatic carbocycles. The Labute approximate surface area is 174 Å². The number of rotatable bonds is 5. The van der Waals surface area contributed by atoms with Crippen molar-refractivity contribution >= 4 is 34.7 Å². The number of halogens is 2. The van der Waals surface area contributed by atoms with Gasteiger partial charge in [-0.05, 0) is 0 Å². The quantitative estimate of drug-likeness (QED) is 0.491. The van der Waals surface area contributed by atoms with Crippen molar-refractivity contribution in [1.82, 2.24) is 19.9 Å². The lowest BCUT2D eigenvalue weighted by Gasteiger charge is -2.21. The Morgan fingerprint density at radius 3 is 2.81 bits per heavy atom. The minimum Gasteiger partial charge on any atom is -0.486 e. The van der Waals surface area contributed by atoms with E-state index in [0.717, 1.165) is 0 Å². The summed E-state index contributed by atoms with van der Waals surface area (Å²) >= 11 is 0. The molecule has 0 spiro atoms.